The molecule has 2 aromatic rings. The molecule has 0 saturated carbocycles. The van der Waals surface area contributed by atoms with E-state index in [2.05, 4.69) is 5.32 Å². The van der Waals surface area contributed by atoms with Crippen LogP contribution in [0.3, 0.4) is 0 Å². The fraction of sp³-hybridized carbons (Fsp3) is 0. The lowest BCUT2D eigenvalue weighted by molar-refractivity contribution is 0.0696. The molecule has 0 atom stereocenters. The van der Waals surface area contributed by atoms with Crippen LogP contribution in [-0.2, 0) is 0 Å². The molecule has 0 unspecified atom stereocenters. The molecule has 0 spiro atoms. The number of aromatic carboxylic acids is 1. The van der Waals surface area contributed by atoms with Gasteiger partial charge in [-0.25, -0.2) is 4.79 Å². The molecular formula is C14H11IN2O4. The Balaban J connectivity index is 2.27. The molecule has 0 aliphatic carbocycles. The normalized spacial score (nSPS) is 10.1. The first kappa shape index (κ1) is 15.1. The number of carboxylic acid groups (broad SMARTS) is 1. The molecule has 0 bridgehead atoms. The van der Waals surface area contributed by atoms with Crippen LogP contribution in [0.4, 0.5) is 11.4 Å². The summed E-state index contributed by atoms with van der Waals surface area (Å²) in [6.45, 7) is 0. The number of phenolic OH excluding ortho intramolecular Hbond substituents is 1. The van der Waals surface area contributed by atoms with Crippen LogP contribution >= 0.6 is 22.6 Å². The number of hydrogen-bond donors (Lipinski definition) is 4. The average molecular weight is 398 g/mol. The van der Waals surface area contributed by atoms with Crippen molar-refractivity contribution in [2.45, 2.75) is 0 Å². The Morgan fingerprint density at radius 3 is 2.48 bits per heavy atom. The predicted molar refractivity (Wildman–Crippen MR) is 86.6 cm³/mol. The van der Waals surface area contributed by atoms with E-state index < -0.39 is 11.9 Å². The quantitative estimate of drug-likeness (QED) is 0.469. The number of anilines is 2. The Morgan fingerprint density at radius 1 is 1.14 bits per heavy atom. The zero-order valence-electron chi connectivity index (χ0n) is 10.6. The molecule has 7 heteroatoms. The minimum atomic E-state index is -1.10. The average Bonchev–Trinajstić information content (AvgIpc) is 2.43. The van der Waals surface area contributed by atoms with Crippen LogP contribution in [0.15, 0.2) is 36.4 Å². The van der Waals surface area contributed by atoms with Crippen molar-refractivity contribution in [2.24, 2.45) is 0 Å². The number of carboxylic acids is 1. The SMILES string of the molecule is Nc1cc(C(=O)O)ccc1NC(=O)c1cc(I)ccc1O. The Bertz CT molecular complexity index is 731. The number of nitrogens with two attached hydrogens (primary N) is 1. The lowest BCUT2D eigenvalue weighted by Gasteiger charge is -2.10. The lowest BCUT2D eigenvalue weighted by Crippen LogP contribution is -2.14. The van der Waals surface area contributed by atoms with Gasteiger partial charge >= 0.3 is 5.97 Å². The van der Waals surface area contributed by atoms with Crippen molar-refractivity contribution in [1.29, 1.82) is 0 Å². The smallest absolute Gasteiger partial charge is 0.335 e. The fourth-order valence-corrected chi connectivity index (χ4v) is 2.18. The summed E-state index contributed by atoms with van der Waals surface area (Å²) in [5, 5.41) is 21.1. The highest BCUT2D eigenvalue weighted by atomic mass is 127. The monoisotopic (exact) mass is 398 g/mol. The highest BCUT2D eigenvalue weighted by Crippen LogP contribution is 2.24. The van der Waals surface area contributed by atoms with E-state index in [1.54, 1.807) is 6.07 Å². The third-order valence-corrected chi connectivity index (χ3v) is 3.42. The van der Waals surface area contributed by atoms with Crippen molar-refractivity contribution in [3.8, 4) is 5.75 Å². The number of hydrogen-bond acceptors (Lipinski definition) is 4. The first-order valence-corrected chi connectivity index (χ1v) is 6.89. The van der Waals surface area contributed by atoms with Gasteiger partial charge in [-0.3, -0.25) is 4.79 Å². The maximum atomic E-state index is 12.1. The summed E-state index contributed by atoms with van der Waals surface area (Å²) in [7, 11) is 0. The summed E-state index contributed by atoms with van der Waals surface area (Å²) in [6.07, 6.45) is 0. The molecule has 21 heavy (non-hydrogen) atoms. The van der Waals surface area contributed by atoms with E-state index in [-0.39, 0.29) is 28.3 Å². The highest BCUT2D eigenvalue weighted by Gasteiger charge is 2.14. The molecule has 1 amide bonds. The Morgan fingerprint density at radius 2 is 1.86 bits per heavy atom. The maximum Gasteiger partial charge on any atom is 0.335 e. The second-order valence-electron chi connectivity index (χ2n) is 4.22. The predicted octanol–water partition coefficient (Wildman–Crippen LogP) is 2.53. The van der Waals surface area contributed by atoms with Gasteiger partial charge < -0.3 is 21.3 Å². The number of amides is 1. The molecule has 0 heterocycles. The van der Waals surface area contributed by atoms with Crippen molar-refractivity contribution in [3.63, 3.8) is 0 Å². The van der Waals surface area contributed by atoms with Crippen molar-refractivity contribution < 1.29 is 19.8 Å². The van der Waals surface area contributed by atoms with Gasteiger partial charge in [0.1, 0.15) is 5.75 Å². The zero-order valence-corrected chi connectivity index (χ0v) is 12.8. The summed E-state index contributed by atoms with van der Waals surface area (Å²) < 4.78 is 0.796. The van der Waals surface area contributed by atoms with E-state index in [1.807, 2.05) is 22.6 Å². The largest absolute Gasteiger partial charge is 0.507 e. The highest BCUT2D eigenvalue weighted by molar-refractivity contribution is 14.1. The summed E-state index contributed by atoms with van der Waals surface area (Å²) in [5.74, 6) is -1.77. The molecule has 5 N–H and O–H groups in total. The van der Waals surface area contributed by atoms with Crippen LogP contribution in [0, 0.1) is 3.57 Å². The Kier molecular flexibility index (Phi) is 4.32. The minimum absolute atomic E-state index is 0.0302. The standard InChI is InChI=1S/C14H11IN2O4/c15-8-2-4-12(18)9(6-8)13(19)17-11-3-1-7(14(20)21)5-10(11)16/h1-6,18H,16H2,(H,17,19)(H,20,21). The van der Waals surface area contributed by atoms with E-state index in [0.29, 0.717) is 0 Å². The maximum absolute atomic E-state index is 12.1. The van der Waals surface area contributed by atoms with Gasteiger partial charge in [-0.05, 0) is 59.0 Å². The van der Waals surface area contributed by atoms with Crippen LogP contribution in [-0.4, -0.2) is 22.1 Å². The third kappa shape index (κ3) is 3.43. The number of halogens is 1. The van der Waals surface area contributed by atoms with E-state index in [0.717, 1.165) is 3.57 Å². The molecule has 6 nitrogen and oxygen atoms in total. The molecule has 0 fully saturated rings. The van der Waals surface area contributed by atoms with E-state index >= 15 is 0 Å². The van der Waals surface area contributed by atoms with E-state index in [9.17, 15) is 14.7 Å². The summed E-state index contributed by atoms with van der Waals surface area (Å²) in [6, 6.07) is 8.63. The molecular weight excluding hydrogens is 387 g/mol. The lowest BCUT2D eigenvalue weighted by atomic mass is 10.1. The topological polar surface area (TPSA) is 113 Å². The number of benzene rings is 2. The van der Waals surface area contributed by atoms with Gasteiger partial charge in [-0.1, -0.05) is 0 Å². The molecule has 2 rings (SSSR count). The van der Waals surface area contributed by atoms with Crippen LogP contribution in [0.25, 0.3) is 0 Å². The molecule has 0 aromatic heterocycles. The second kappa shape index (κ2) is 6.00. The molecule has 0 aliphatic heterocycles. The second-order valence-corrected chi connectivity index (χ2v) is 5.47. The number of nitrogen functional groups attached to an aromatic ring is 1. The van der Waals surface area contributed by atoms with Crippen molar-refractivity contribution in [1.82, 2.24) is 0 Å². The molecule has 2 aromatic carbocycles. The Labute approximate surface area is 133 Å². The number of carbonyl (C=O) groups is 2. The number of carbonyl (C=O) groups excluding carboxylic acids is 1. The van der Waals surface area contributed by atoms with E-state index in [4.69, 9.17) is 10.8 Å². The van der Waals surface area contributed by atoms with Gasteiger partial charge in [-0.15, -0.1) is 0 Å². The molecule has 108 valence electrons. The van der Waals surface area contributed by atoms with Crippen LogP contribution in [0.5, 0.6) is 5.75 Å². The van der Waals surface area contributed by atoms with E-state index in [1.165, 1.54) is 30.3 Å². The van der Waals surface area contributed by atoms with Crippen molar-refractivity contribution in [3.05, 3.63) is 51.1 Å². The van der Waals surface area contributed by atoms with Crippen LogP contribution in [0.1, 0.15) is 20.7 Å². The van der Waals surface area contributed by atoms with Crippen LogP contribution in [0.2, 0.25) is 0 Å². The van der Waals surface area contributed by atoms with Gasteiger partial charge in [0.05, 0.1) is 22.5 Å². The van der Waals surface area contributed by atoms with Gasteiger partial charge in [0.25, 0.3) is 5.91 Å². The number of rotatable bonds is 3. The van der Waals surface area contributed by atoms with Gasteiger partial charge in [0, 0.05) is 3.57 Å². The van der Waals surface area contributed by atoms with Crippen LogP contribution < -0.4 is 11.1 Å². The van der Waals surface area contributed by atoms with Gasteiger partial charge in [0.15, 0.2) is 0 Å². The minimum Gasteiger partial charge on any atom is -0.507 e. The first-order chi connectivity index (χ1) is 9.88. The Hall–Kier alpha value is -2.29. The number of phenols is 1. The number of aromatic hydroxyl groups is 1. The summed E-state index contributed by atoms with van der Waals surface area (Å²) in [4.78, 5) is 22.9. The van der Waals surface area contributed by atoms with Gasteiger partial charge in [0.2, 0.25) is 0 Å². The van der Waals surface area contributed by atoms with Crippen molar-refractivity contribution in [2.75, 3.05) is 11.1 Å². The summed E-state index contributed by atoms with van der Waals surface area (Å²) in [5.41, 5.74) is 6.27. The van der Waals surface area contributed by atoms with Gasteiger partial charge in [-0.2, -0.15) is 0 Å². The third-order valence-electron chi connectivity index (χ3n) is 2.75. The first-order valence-electron chi connectivity index (χ1n) is 5.81. The molecule has 0 aliphatic rings. The van der Waals surface area contributed by atoms with Crippen molar-refractivity contribution >= 4 is 45.8 Å². The summed E-state index contributed by atoms with van der Waals surface area (Å²) >= 11 is 2.02. The number of nitrogens with one attached hydrogen (secondary N) is 1. The fourth-order valence-electron chi connectivity index (χ4n) is 1.69. The zero-order chi connectivity index (χ0) is 15.6. The molecule has 0 saturated heterocycles. The molecule has 0 radical (unpaired) electrons.